The molecular formula is C20H13Cl2N7O3. The summed E-state index contributed by atoms with van der Waals surface area (Å²) < 4.78 is 4.12. The van der Waals surface area contributed by atoms with E-state index in [4.69, 9.17) is 29.8 Å². The van der Waals surface area contributed by atoms with Gasteiger partial charge < -0.3 is 9.41 Å². The molecule has 1 fully saturated rings. The summed E-state index contributed by atoms with van der Waals surface area (Å²) >= 11 is 13.0. The zero-order chi connectivity index (χ0) is 22.6. The Morgan fingerprint density at radius 3 is 2.41 bits per heavy atom. The molecule has 4 aromatic rings. The van der Waals surface area contributed by atoms with Crippen LogP contribution in [0.1, 0.15) is 25.3 Å². The van der Waals surface area contributed by atoms with Crippen LogP contribution in [0.4, 0.5) is 5.82 Å². The number of aromatic nitrogens is 6. The highest BCUT2D eigenvalue weighted by atomic mass is 35.5. The molecule has 0 radical (unpaired) electrons. The topological polar surface area (TPSA) is 112 Å². The van der Waals surface area contributed by atoms with E-state index in [-0.39, 0.29) is 27.3 Å². The quantitative estimate of drug-likeness (QED) is 0.463. The van der Waals surface area contributed by atoms with E-state index in [2.05, 4.69) is 15.0 Å². The molecule has 1 N–H and O–H groups in total. The van der Waals surface area contributed by atoms with E-state index in [0.717, 1.165) is 23.9 Å². The van der Waals surface area contributed by atoms with Crippen LogP contribution in [0.15, 0.2) is 44.8 Å². The van der Waals surface area contributed by atoms with E-state index in [1.807, 2.05) is 4.98 Å². The number of hydrogen-bond donors (Lipinski definition) is 1. The number of nitrogens with zero attached hydrogens (tertiary/aromatic N) is 6. The van der Waals surface area contributed by atoms with Crippen molar-refractivity contribution in [1.29, 1.82) is 0 Å². The van der Waals surface area contributed by atoms with Crippen LogP contribution in [-0.2, 0) is 0 Å². The summed E-state index contributed by atoms with van der Waals surface area (Å²) in [6.45, 7) is 7.02. The van der Waals surface area contributed by atoms with Crippen molar-refractivity contribution in [1.82, 2.24) is 29.1 Å². The third kappa shape index (κ3) is 3.05. The zero-order valence-electron chi connectivity index (χ0n) is 16.2. The van der Waals surface area contributed by atoms with Crippen molar-refractivity contribution < 1.29 is 0 Å². The highest BCUT2D eigenvalue weighted by Crippen LogP contribution is 2.35. The molecule has 10 nitrogen and oxygen atoms in total. The molecule has 0 unspecified atom stereocenters. The van der Waals surface area contributed by atoms with Crippen molar-refractivity contribution in [3.05, 3.63) is 83.1 Å². The summed E-state index contributed by atoms with van der Waals surface area (Å²) in [4.78, 5) is 41.3. The summed E-state index contributed by atoms with van der Waals surface area (Å²) in [7, 11) is 0. The Balaban J connectivity index is 1.68. The van der Waals surface area contributed by atoms with Crippen LogP contribution >= 0.6 is 23.2 Å². The number of halogens is 2. The Labute approximate surface area is 189 Å². The van der Waals surface area contributed by atoms with Crippen molar-refractivity contribution in [2.45, 2.75) is 25.3 Å². The van der Waals surface area contributed by atoms with Gasteiger partial charge in [0.05, 0.1) is 33.0 Å². The van der Waals surface area contributed by atoms with Gasteiger partial charge in [-0.3, -0.25) is 14.6 Å². The number of aromatic amines is 1. The lowest BCUT2D eigenvalue weighted by Gasteiger charge is -2.28. The fourth-order valence-electron chi connectivity index (χ4n) is 3.76. The van der Waals surface area contributed by atoms with E-state index in [1.54, 1.807) is 16.8 Å². The first-order chi connectivity index (χ1) is 15.4. The number of pyridine rings is 1. The van der Waals surface area contributed by atoms with Gasteiger partial charge >= 0.3 is 11.5 Å². The average molecular weight is 470 g/mol. The van der Waals surface area contributed by atoms with Crippen LogP contribution in [0.5, 0.6) is 0 Å². The first-order valence-electron chi connectivity index (χ1n) is 9.59. The molecule has 1 aliphatic carbocycles. The van der Waals surface area contributed by atoms with Crippen molar-refractivity contribution in [2.75, 3.05) is 0 Å². The van der Waals surface area contributed by atoms with Crippen LogP contribution in [0.2, 0.25) is 10.0 Å². The number of H-pyrrole nitrogens is 1. The van der Waals surface area contributed by atoms with Crippen molar-refractivity contribution in [2.24, 2.45) is 0 Å². The minimum absolute atomic E-state index is 0.0894. The largest absolute Gasteiger partial charge is 0.365 e. The van der Waals surface area contributed by atoms with Crippen molar-refractivity contribution in [3.8, 4) is 11.4 Å². The molecule has 0 saturated heterocycles. The fraction of sp³-hybridized carbons (Fsp3) is 0.200. The lowest BCUT2D eigenvalue weighted by Crippen LogP contribution is -2.30. The van der Waals surface area contributed by atoms with Crippen LogP contribution in [0.3, 0.4) is 0 Å². The molecule has 160 valence electrons. The minimum atomic E-state index is -0.879. The molecule has 0 atom stereocenters. The summed E-state index contributed by atoms with van der Waals surface area (Å²) in [5.41, 5.74) is 0.0492. The molecule has 1 aromatic carbocycles. The molecule has 0 spiro atoms. The maximum Gasteiger partial charge on any atom is 0.365 e. The highest BCUT2D eigenvalue weighted by Gasteiger charge is 2.24. The minimum Gasteiger partial charge on any atom is -0.354 e. The summed E-state index contributed by atoms with van der Waals surface area (Å²) in [5.74, 6) is -0.493. The molecule has 1 aliphatic rings. The van der Waals surface area contributed by atoms with Crippen molar-refractivity contribution in [3.63, 3.8) is 0 Å². The van der Waals surface area contributed by atoms with E-state index < -0.39 is 17.1 Å². The normalized spacial score (nSPS) is 13.8. The van der Waals surface area contributed by atoms with Gasteiger partial charge in [0.25, 0.3) is 11.1 Å². The molecule has 5 rings (SSSR count). The highest BCUT2D eigenvalue weighted by molar-refractivity contribution is 6.38. The first kappa shape index (κ1) is 20.2. The van der Waals surface area contributed by atoms with Gasteiger partial charge in [0.2, 0.25) is 0 Å². The molecule has 0 bridgehead atoms. The fourth-order valence-corrected chi connectivity index (χ4v) is 4.39. The Hall–Kier alpha value is -3.68. The SMILES string of the molecule is [C-]#[N+]c1nn(-c2cc(Cl)c(-n3ncc4c3ccc(=O)n4C3CCC3)c(Cl)c2)c(=O)[nH]c1=O. The smallest absolute Gasteiger partial charge is 0.354 e. The molecule has 0 amide bonds. The third-order valence-electron chi connectivity index (χ3n) is 5.48. The molecule has 0 aliphatic heterocycles. The molecule has 32 heavy (non-hydrogen) atoms. The number of benzene rings is 1. The second kappa shape index (κ2) is 7.47. The molecule has 1 saturated carbocycles. The van der Waals surface area contributed by atoms with Gasteiger partial charge in [-0.1, -0.05) is 29.8 Å². The Morgan fingerprint density at radius 1 is 1.06 bits per heavy atom. The van der Waals surface area contributed by atoms with Gasteiger partial charge in [-0.25, -0.2) is 9.48 Å². The van der Waals surface area contributed by atoms with E-state index in [1.165, 1.54) is 22.9 Å². The monoisotopic (exact) mass is 469 g/mol. The van der Waals surface area contributed by atoms with Crippen LogP contribution in [0.25, 0.3) is 27.3 Å². The maximum atomic E-state index is 12.4. The van der Waals surface area contributed by atoms with Gasteiger partial charge in [-0.2, -0.15) is 5.10 Å². The van der Waals surface area contributed by atoms with Gasteiger partial charge in [0.1, 0.15) is 5.69 Å². The average Bonchev–Trinajstić information content (AvgIpc) is 3.12. The maximum absolute atomic E-state index is 12.4. The molecule has 3 aromatic heterocycles. The zero-order valence-corrected chi connectivity index (χ0v) is 17.8. The summed E-state index contributed by atoms with van der Waals surface area (Å²) in [6.07, 6.45) is 4.56. The third-order valence-corrected chi connectivity index (χ3v) is 6.06. The van der Waals surface area contributed by atoms with Crippen LogP contribution in [0, 0.1) is 6.57 Å². The Kier molecular flexibility index (Phi) is 4.73. The second-order valence-corrected chi connectivity index (χ2v) is 8.13. The first-order valence-corrected chi connectivity index (χ1v) is 10.3. The lowest BCUT2D eigenvalue weighted by atomic mass is 9.92. The molecule has 3 heterocycles. The molecular weight excluding hydrogens is 457 g/mol. The predicted molar refractivity (Wildman–Crippen MR) is 119 cm³/mol. The number of nitrogens with one attached hydrogen (secondary N) is 1. The molecule has 12 heteroatoms. The number of hydrogen-bond acceptors (Lipinski definition) is 5. The standard InChI is InChI=1S/C20H13Cl2N7O3/c1-23-18-19(31)25-20(32)28(26-18)11-7-12(21)17(13(22)8-11)29-14-5-6-16(30)27(10-3-2-4-10)15(14)9-24-29/h5-10H,2-4H2,(H,25,31,32). The Morgan fingerprint density at radius 2 is 1.78 bits per heavy atom. The van der Waals surface area contributed by atoms with E-state index >= 15 is 0 Å². The Bertz CT molecular complexity index is 1600. The van der Waals surface area contributed by atoms with Gasteiger partial charge in [0, 0.05) is 12.1 Å². The predicted octanol–water partition coefficient (Wildman–Crippen LogP) is 3.00. The number of fused-ring (bicyclic) bond motifs is 1. The second-order valence-electron chi connectivity index (χ2n) is 7.32. The number of rotatable bonds is 3. The summed E-state index contributed by atoms with van der Waals surface area (Å²) in [6, 6.07) is 6.16. The van der Waals surface area contributed by atoms with Crippen molar-refractivity contribution >= 4 is 40.1 Å². The van der Waals surface area contributed by atoms with Gasteiger partial charge in [0.15, 0.2) is 0 Å². The van der Waals surface area contributed by atoms with E-state index in [0.29, 0.717) is 16.7 Å². The van der Waals surface area contributed by atoms with Crippen LogP contribution < -0.4 is 16.8 Å². The summed E-state index contributed by atoms with van der Waals surface area (Å²) in [5, 5.41) is 8.49. The van der Waals surface area contributed by atoms with Crippen LogP contribution in [-0.4, -0.2) is 29.1 Å². The lowest BCUT2D eigenvalue weighted by molar-refractivity contribution is 0.314. The van der Waals surface area contributed by atoms with Gasteiger partial charge in [-0.05, 0) is 42.6 Å². The van der Waals surface area contributed by atoms with Gasteiger partial charge in [-0.15, -0.1) is 4.68 Å². The van der Waals surface area contributed by atoms with E-state index in [9.17, 15) is 14.4 Å².